The summed E-state index contributed by atoms with van der Waals surface area (Å²) in [5, 5.41) is 0. The zero-order chi connectivity index (χ0) is 10.4. The molecule has 0 aliphatic rings. The highest BCUT2D eigenvalue weighted by molar-refractivity contribution is 4.93. The highest BCUT2D eigenvalue weighted by Crippen LogP contribution is 2.10. The summed E-state index contributed by atoms with van der Waals surface area (Å²) in [6, 6.07) is 0. The first-order valence-electron chi connectivity index (χ1n) is 5.48. The number of nitrogens with two attached hydrogens (primary N) is 1. The summed E-state index contributed by atoms with van der Waals surface area (Å²) in [5.41, 5.74) is 5.52. The fraction of sp³-hybridized carbons (Fsp3) is 0.727. The van der Waals surface area contributed by atoms with E-state index in [1.807, 2.05) is 6.20 Å². The van der Waals surface area contributed by atoms with Gasteiger partial charge < -0.3 is 10.3 Å². The Balaban J connectivity index is 2.52. The molecule has 0 radical (unpaired) electrons. The lowest BCUT2D eigenvalue weighted by atomic mass is 10.1. The van der Waals surface area contributed by atoms with Crippen molar-refractivity contribution in [2.45, 2.75) is 39.7 Å². The molecule has 14 heavy (non-hydrogen) atoms. The first-order chi connectivity index (χ1) is 6.77. The Bertz CT molecular complexity index is 255. The molecule has 1 unspecified atom stereocenters. The predicted molar refractivity (Wildman–Crippen MR) is 59.1 cm³/mol. The number of imidazole rings is 1. The second-order valence-corrected chi connectivity index (χ2v) is 3.93. The fourth-order valence-corrected chi connectivity index (χ4v) is 1.78. The molecule has 0 saturated heterocycles. The average Bonchev–Trinajstić information content (AvgIpc) is 2.54. The number of hydrogen-bond acceptors (Lipinski definition) is 2. The van der Waals surface area contributed by atoms with Crippen LogP contribution < -0.4 is 5.73 Å². The maximum absolute atomic E-state index is 5.52. The van der Waals surface area contributed by atoms with Crippen molar-refractivity contribution in [2.75, 3.05) is 6.54 Å². The molecule has 3 nitrogen and oxygen atoms in total. The first-order valence-corrected chi connectivity index (χ1v) is 5.48. The van der Waals surface area contributed by atoms with Gasteiger partial charge in [0.25, 0.3) is 0 Å². The minimum atomic E-state index is 0.680. The molecule has 80 valence electrons. The van der Waals surface area contributed by atoms with Crippen LogP contribution in [0.25, 0.3) is 0 Å². The van der Waals surface area contributed by atoms with Gasteiger partial charge in [0.2, 0.25) is 0 Å². The van der Waals surface area contributed by atoms with Crippen LogP contribution in [-0.2, 0) is 13.0 Å². The van der Waals surface area contributed by atoms with Crippen LogP contribution in [0.3, 0.4) is 0 Å². The zero-order valence-electron chi connectivity index (χ0n) is 9.24. The second kappa shape index (κ2) is 5.81. The Labute approximate surface area is 86.3 Å². The maximum atomic E-state index is 5.52. The van der Waals surface area contributed by atoms with Gasteiger partial charge in [-0.1, -0.05) is 20.3 Å². The van der Waals surface area contributed by atoms with E-state index < -0.39 is 0 Å². The quantitative estimate of drug-likeness (QED) is 0.752. The summed E-state index contributed by atoms with van der Waals surface area (Å²) in [6.07, 6.45) is 7.33. The van der Waals surface area contributed by atoms with Crippen molar-refractivity contribution in [2.24, 2.45) is 11.7 Å². The van der Waals surface area contributed by atoms with Crippen LogP contribution in [-0.4, -0.2) is 16.1 Å². The zero-order valence-corrected chi connectivity index (χ0v) is 9.24. The van der Waals surface area contributed by atoms with Gasteiger partial charge in [-0.05, 0) is 18.9 Å². The number of hydrogen-bond donors (Lipinski definition) is 1. The molecular formula is C11H21N3. The molecule has 0 bridgehead atoms. The van der Waals surface area contributed by atoms with Crippen molar-refractivity contribution >= 4 is 0 Å². The van der Waals surface area contributed by atoms with Crippen LogP contribution in [0, 0.1) is 5.92 Å². The van der Waals surface area contributed by atoms with E-state index in [-0.39, 0.29) is 0 Å². The van der Waals surface area contributed by atoms with Crippen molar-refractivity contribution in [1.29, 1.82) is 0 Å². The molecule has 1 aromatic heterocycles. The molecule has 1 rings (SSSR count). The summed E-state index contributed by atoms with van der Waals surface area (Å²) < 4.78 is 2.23. The number of rotatable bonds is 6. The van der Waals surface area contributed by atoms with Gasteiger partial charge in [-0.2, -0.15) is 0 Å². The number of aromatic nitrogens is 2. The van der Waals surface area contributed by atoms with E-state index in [0.717, 1.165) is 24.7 Å². The minimum absolute atomic E-state index is 0.680. The SMILES string of the molecule is CCCC(C)Cn1ccnc1CCN. The Hall–Kier alpha value is -0.830. The van der Waals surface area contributed by atoms with E-state index >= 15 is 0 Å². The molecule has 1 heterocycles. The van der Waals surface area contributed by atoms with Crippen LogP contribution in [0.4, 0.5) is 0 Å². The molecule has 2 N–H and O–H groups in total. The van der Waals surface area contributed by atoms with E-state index in [2.05, 4.69) is 29.6 Å². The van der Waals surface area contributed by atoms with Crippen LogP contribution in [0.5, 0.6) is 0 Å². The first kappa shape index (κ1) is 11.2. The van der Waals surface area contributed by atoms with E-state index in [9.17, 15) is 0 Å². The van der Waals surface area contributed by atoms with E-state index in [1.54, 1.807) is 0 Å². The molecule has 1 atom stereocenters. The van der Waals surface area contributed by atoms with Crippen molar-refractivity contribution in [3.05, 3.63) is 18.2 Å². The van der Waals surface area contributed by atoms with E-state index in [4.69, 9.17) is 5.73 Å². The third kappa shape index (κ3) is 3.14. The highest BCUT2D eigenvalue weighted by atomic mass is 15.1. The Kier molecular flexibility index (Phi) is 4.66. The molecule has 0 aliphatic carbocycles. The van der Waals surface area contributed by atoms with Crippen LogP contribution in [0.2, 0.25) is 0 Å². The molecule has 0 saturated carbocycles. The molecule has 3 heteroatoms. The molecule has 0 aromatic carbocycles. The van der Waals surface area contributed by atoms with Crippen LogP contribution in [0.1, 0.15) is 32.5 Å². The van der Waals surface area contributed by atoms with Gasteiger partial charge in [-0.3, -0.25) is 0 Å². The van der Waals surface area contributed by atoms with Gasteiger partial charge in [0.1, 0.15) is 5.82 Å². The van der Waals surface area contributed by atoms with E-state index in [1.165, 1.54) is 12.8 Å². The molecular weight excluding hydrogens is 174 g/mol. The fourth-order valence-electron chi connectivity index (χ4n) is 1.78. The maximum Gasteiger partial charge on any atom is 0.109 e. The standard InChI is InChI=1S/C11H21N3/c1-3-4-10(2)9-14-8-7-13-11(14)5-6-12/h7-8,10H,3-6,9,12H2,1-2H3. The van der Waals surface area contributed by atoms with Crippen molar-refractivity contribution in [3.8, 4) is 0 Å². The third-order valence-electron chi connectivity index (χ3n) is 2.46. The van der Waals surface area contributed by atoms with Crippen molar-refractivity contribution in [1.82, 2.24) is 9.55 Å². The van der Waals surface area contributed by atoms with Gasteiger partial charge in [0, 0.05) is 25.4 Å². The summed E-state index contributed by atoms with van der Waals surface area (Å²) in [6.45, 7) is 6.27. The normalized spacial score (nSPS) is 13.1. The van der Waals surface area contributed by atoms with Crippen molar-refractivity contribution in [3.63, 3.8) is 0 Å². The lowest BCUT2D eigenvalue weighted by Gasteiger charge is -2.13. The summed E-state index contributed by atoms with van der Waals surface area (Å²) in [7, 11) is 0. The molecule has 0 spiro atoms. The Morgan fingerprint density at radius 3 is 3.00 bits per heavy atom. The van der Waals surface area contributed by atoms with Gasteiger partial charge in [0.15, 0.2) is 0 Å². The van der Waals surface area contributed by atoms with Gasteiger partial charge in [-0.15, -0.1) is 0 Å². The van der Waals surface area contributed by atoms with E-state index in [0.29, 0.717) is 6.54 Å². The Morgan fingerprint density at radius 2 is 2.36 bits per heavy atom. The van der Waals surface area contributed by atoms with Gasteiger partial charge in [-0.25, -0.2) is 4.98 Å². The molecule has 0 amide bonds. The third-order valence-corrected chi connectivity index (χ3v) is 2.46. The molecule has 0 aliphatic heterocycles. The topological polar surface area (TPSA) is 43.8 Å². The summed E-state index contributed by atoms with van der Waals surface area (Å²) in [5.74, 6) is 1.85. The average molecular weight is 195 g/mol. The smallest absolute Gasteiger partial charge is 0.109 e. The largest absolute Gasteiger partial charge is 0.335 e. The van der Waals surface area contributed by atoms with Crippen molar-refractivity contribution < 1.29 is 0 Å². The summed E-state index contributed by atoms with van der Waals surface area (Å²) in [4.78, 5) is 4.30. The minimum Gasteiger partial charge on any atom is -0.335 e. The predicted octanol–water partition coefficient (Wildman–Crippen LogP) is 1.82. The monoisotopic (exact) mass is 195 g/mol. The number of nitrogens with zero attached hydrogens (tertiary/aromatic N) is 2. The summed E-state index contributed by atoms with van der Waals surface area (Å²) >= 11 is 0. The lowest BCUT2D eigenvalue weighted by Crippen LogP contribution is -2.13. The molecule has 0 fully saturated rings. The second-order valence-electron chi connectivity index (χ2n) is 3.93. The van der Waals surface area contributed by atoms with Crippen LogP contribution >= 0.6 is 0 Å². The van der Waals surface area contributed by atoms with Gasteiger partial charge in [0.05, 0.1) is 0 Å². The van der Waals surface area contributed by atoms with Gasteiger partial charge >= 0.3 is 0 Å². The highest BCUT2D eigenvalue weighted by Gasteiger charge is 2.05. The molecule has 1 aromatic rings. The lowest BCUT2D eigenvalue weighted by molar-refractivity contribution is 0.437. The van der Waals surface area contributed by atoms with Crippen LogP contribution in [0.15, 0.2) is 12.4 Å². The Morgan fingerprint density at radius 1 is 1.57 bits per heavy atom.